The average molecular weight is 321 g/mol. The molecule has 118 valence electrons. The summed E-state index contributed by atoms with van der Waals surface area (Å²) in [5.74, 6) is 3.42. The van der Waals surface area contributed by atoms with Gasteiger partial charge in [-0.15, -0.1) is 12.4 Å². The molecule has 2 rings (SSSR count). The molecule has 1 aliphatic heterocycles. The summed E-state index contributed by atoms with van der Waals surface area (Å²) >= 11 is 1.95. The van der Waals surface area contributed by atoms with Crippen LogP contribution in [0, 0.1) is 5.92 Å². The maximum atomic E-state index is 11.8. The maximum Gasteiger partial charge on any atom is 0.221 e. The summed E-state index contributed by atoms with van der Waals surface area (Å²) in [5, 5.41) is 6.49. The number of carbonyl (C=O) groups excluding carboxylic acids is 1. The van der Waals surface area contributed by atoms with E-state index in [4.69, 9.17) is 0 Å². The van der Waals surface area contributed by atoms with E-state index in [1.807, 2.05) is 11.8 Å². The lowest BCUT2D eigenvalue weighted by molar-refractivity contribution is -0.121. The fourth-order valence-electron chi connectivity index (χ4n) is 3.14. The number of carbonyl (C=O) groups is 1. The molecule has 0 aromatic rings. The van der Waals surface area contributed by atoms with Crippen LogP contribution in [0.1, 0.15) is 51.4 Å². The molecule has 1 saturated heterocycles. The Morgan fingerprint density at radius 3 is 2.75 bits per heavy atom. The monoisotopic (exact) mass is 320 g/mol. The van der Waals surface area contributed by atoms with E-state index in [0.29, 0.717) is 12.5 Å². The van der Waals surface area contributed by atoms with Crippen molar-refractivity contribution in [2.45, 2.75) is 57.4 Å². The van der Waals surface area contributed by atoms with Crippen LogP contribution in [0.15, 0.2) is 0 Å². The van der Waals surface area contributed by atoms with Crippen LogP contribution >= 0.6 is 24.2 Å². The van der Waals surface area contributed by atoms with Crippen LogP contribution in [0.4, 0.5) is 0 Å². The molecule has 1 unspecified atom stereocenters. The summed E-state index contributed by atoms with van der Waals surface area (Å²) in [6.07, 6.45) is 10.2. The fraction of sp³-hybridized carbons (Fsp3) is 0.933. The van der Waals surface area contributed by atoms with E-state index in [0.717, 1.165) is 31.2 Å². The highest BCUT2D eigenvalue weighted by Crippen LogP contribution is 2.26. The van der Waals surface area contributed by atoms with Crippen molar-refractivity contribution in [3.8, 4) is 0 Å². The minimum absolute atomic E-state index is 0. The quantitative estimate of drug-likeness (QED) is 0.739. The summed E-state index contributed by atoms with van der Waals surface area (Å²) < 4.78 is 0. The van der Waals surface area contributed by atoms with Gasteiger partial charge in [-0.1, -0.05) is 32.1 Å². The zero-order chi connectivity index (χ0) is 13.3. The highest BCUT2D eigenvalue weighted by molar-refractivity contribution is 7.99. The van der Waals surface area contributed by atoms with E-state index in [1.165, 1.54) is 44.3 Å². The third-order valence-corrected chi connectivity index (χ3v) is 5.40. The molecule has 1 amide bonds. The topological polar surface area (TPSA) is 41.1 Å². The minimum atomic E-state index is 0. The Bertz CT molecular complexity index is 267. The molecular weight excluding hydrogens is 292 g/mol. The normalized spacial score (nSPS) is 23.9. The maximum absolute atomic E-state index is 11.8. The first-order chi connectivity index (χ1) is 9.34. The van der Waals surface area contributed by atoms with E-state index in [2.05, 4.69) is 10.6 Å². The van der Waals surface area contributed by atoms with Crippen LogP contribution in [0.3, 0.4) is 0 Å². The first kappa shape index (κ1) is 18.1. The Labute approximate surface area is 133 Å². The Hall–Kier alpha value is 0.0700. The molecule has 1 saturated carbocycles. The second-order valence-electron chi connectivity index (χ2n) is 5.93. The van der Waals surface area contributed by atoms with Crippen molar-refractivity contribution in [3.05, 3.63) is 0 Å². The number of halogens is 1. The standard InChI is InChI=1S/C15H28N2OS.ClH/c18-15(11-14-12-19-10-9-16-14)17-8-4-7-13-5-2-1-3-6-13;/h13-14,16H,1-12H2,(H,17,18);1H. The van der Waals surface area contributed by atoms with E-state index in [-0.39, 0.29) is 18.3 Å². The molecule has 0 radical (unpaired) electrons. The van der Waals surface area contributed by atoms with Crippen molar-refractivity contribution in [2.24, 2.45) is 5.92 Å². The van der Waals surface area contributed by atoms with Crippen molar-refractivity contribution in [2.75, 3.05) is 24.6 Å². The van der Waals surface area contributed by atoms with Gasteiger partial charge in [-0.2, -0.15) is 11.8 Å². The summed E-state index contributed by atoms with van der Waals surface area (Å²) in [6.45, 7) is 1.92. The Morgan fingerprint density at radius 2 is 2.05 bits per heavy atom. The first-order valence-electron chi connectivity index (χ1n) is 7.92. The lowest BCUT2D eigenvalue weighted by Gasteiger charge is -2.23. The molecule has 1 heterocycles. The highest BCUT2D eigenvalue weighted by Gasteiger charge is 2.16. The lowest BCUT2D eigenvalue weighted by Crippen LogP contribution is -2.41. The SMILES string of the molecule is Cl.O=C(CC1CSCCN1)NCCCC1CCCCC1. The summed E-state index contributed by atoms with van der Waals surface area (Å²) in [5.41, 5.74) is 0. The van der Waals surface area contributed by atoms with E-state index >= 15 is 0 Å². The van der Waals surface area contributed by atoms with Gasteiger partial charge in [-0.25, -0.2) is 0 Å². The Morgan fingerprint density at radius 1 is 1.25 bits per heavy atom. The molecule has 5 heteroatoms. The Kier molecular flexibility index (Phi) is 9.74. The second kappa shape index (κ2) is 10.7. The second-order valence-corrected chi connectivity index (χ2v) is 7.08. The molecule has 0 aromatic carbocycles. The van der Waals surface area contributed by atoms with Gasteiger partial charge in [0.2, 0.25) is 5.91 Å². The molecule has 0 spiro atoms. The van der Waals surface area contributed by atoms with Crippen LogP contribution < -0.4 is 10.6 Å². The molecule has 3 nitrogen and oxygen atoms in total. The predicted molar refractivity (Wildman–Crippen MR) is 89.8 cm³/mol. The summed E-state index contributed by atoms with van der Waals surface area (Å²) in [7, 11) is 0. The average Bonchev–Trinajstić information content (AvgIpc) is 2.46. The zero-order valence-corrected chi connectivity index (χ0v) is 14.0. The molecule has 20 heavy (non-hydrogen) atoms. The zero-order valence-electron chi connectivity index (χ0n) is 12.4. The number of amides is 1. The van der Waals surface area contributed by atoms with Gasteiger partial charge < -0.3 is 10.6 Å². The molecule has 1 atom stereocenters. The minimum Gasteiger partial charge on any atom is -0.356 e. The third-order valence-electron chi connectivity index (χ3n) is 4.27. The van der Waals surface area contributed by atoms with E-state index < -0.39 is 0 Å². The summed E-state index contributed by atoms with van der Waals surface area (Å²) in [4.78, 5) is 11.8. The molecule has 2 aliphatic rings. The van der Waals surface area contributed by atoms with Gasteiger partial charge in [0.1, 0.15) is 0 Å². The molecular formula is C15H29ClN2OS. The van der Waals surface area contributed by atoms with Crippen molar-refractivity contribution in [1.29, 1.82) is 0 Å². The number of hydrogen-bond acceptors (Lipinski definition) is 3. The van der Waals surface area contributed by atoms with Gasteiger partial charge >= 0.3 is 0 Å². The molecule has 0 aromatic heterocycles. The third kappa shape index (κ3) is 7.19. The van der Waals surface area contributed by atoms with Gasteiger partial charge in [0.25, 0.3) is 0 Å². The lowest BCUT2D eigenvalue weighted by atomic mass is 9.86. The van der Waals surface area contributed by atoms with Crippen molar-refractivity contribution >= 4 is 30.1 Å². The van der Waals surface area contributed by atoms with Crippen molar-refractivity contribution < 1.29 is 4.79 Å². The van der Waals surface area contributed by atoms with Crippen LogP contribution in [0.2, 0.25) is 0 Å². The largest absolute Gasteiger partial charge is 0.356 e. The number of rotatable bonds is 6. The Balaban J connectivity index is 0.00000200. The smallest absolute Gasteiger partial charge is 0.221 e. The van der Waals surface area contributed by atoms with Crippen LogP contribution in [-0.2, 0) is 4.79 Å². The van der Waals surface area contributed by atoms with Gasteiger partial charge in [-0.05, 0) is 18.8 Å². The van der Waals surface area contributed by atoms with Gasteiger partial charge in [0.15, 0.2) is 0 Å². The number of thioether (sulfide) groups is 1. The van der Waals surface area contributed by atoms with Crippen molar-refractivity contribution in [1.82, 2.24) is 10.6 Å². The number of hydrogen-bond donors (Lipinski definition) is 2. The van der Waals surface area contributed by atoms with Crippen LogP contribution in [-0.4, -0.2) is 36.5 Å². The predicted octanol–water partition coefficient (Wildman–Crippen LogP) is 2.98. The fourth-order valence-corrected chi connectivity index (χ4v) is 4.09. The van der Waals surface area contributed by atoms with Crippen LogP contribution in [0.5, 0.6) is 0 Å². The molecule has 0 bridgehead atoms. The highest BCUT2D eigenvalue weighted by atomic mass is 35.5. The van der Waals surface area contributed by atoms with Gasteiger partial charge in [0, 0.05) is 37.1 Å². The van der Waals surface area contributed by atoms with E-state index in [9.17, 15) is 4.79 Å². The van der Waals surface area contributed by atoms with Gasteiger partial charge in [0.05, 0.1) is 0 Å². The van der Waals surface area contributed by atoms with E-state index in [1.54, 1.807) is 0 Å². The molecule has 2 N–H and O–H groups in total. The van der Waals surface area contributed by atoms with Gasteiger partial charge in [-0.3, -0.25) is 4.79 Å². The molecule has 2 fully saturated rings. The first-order valence-corrected chi connectivity index (χ1v) is 9.08. The number of nitrogens with one attached hydrogen (secondary N) is 2. The molecule has 1 aliphatic carbocycles. The van der Waals surface area contributed by atoms with Crippen LogP contribution in [0.25, 0.3) is 0 Å². The summed E-state index contributed by atoms with van der Waals surface area (Å²) in [6, 6.07) is 0.386. The van der Waals surface area contributed by atoms with Crippen molar-refractivity contribution in [3.63, 3.8) is 0 Å².